The van der Waals surface area contributed by atoms with E-state index in [1.807, 2.05) is 6.92 Å². The van der Waals surface area contributed by atoms with Gasteiger partial charge >= 0.3 is 0 Å². The van der Waals surface area contributed by atoms with Gasteiger partial charge in [0.05, 0.1) is 24.7 Å². The molecule has 0 bridgehead atoms. The number of ether oxygens (including phenoxy) is 1. The predicted molar refractivity (Wildman–Crippen MR) is 64.2 cm³/mol. The van der Waals surface area contributed by atoms with Crippen LogP contribution in [-0.4, -0.2) is 34.8 Å². The molecule has 1 aromatic carbocycles. The second-order valence-electron chi connectivity index (χ2n) is 3.49. The first-order valence-corrected chi connectivity index (χ1v) is 6.71. The second-order valence-corrected chi connectivity index (χ2v) is 5.11. The van der Waals surface area contributed by atoms with Crippen molar-refractivity contribution in [3.05, 3.63) is 29.8 Å². The van der Waals surface area contributed by atoms with Crippen molar-refractivity contribution in [3.8, 4) is 0 Å². The van der Waals surface area contributed by atoms with Gasteiger partial charge in [-0.05, 0) is 19.1 Å². The van der Waals surface area contributed by atoms with E-state index in [0.29, 0.717) is 13.2 Å². The molecule has 0 aliphatic heterocycles. The Morgan fingerprint density at radius 3 is 2.35 bits per heavy atom. The quantitative estimate of drug-likeness (QED) is 0.575. The van der Waals surface area contributed by atoms with Gasteiger partial charge in [0.15, 0.2) is 0 Å². The summed E-state index contributed by atoms with van der Waals surface area (Å²) in [5.74, 6) is 0. The zero-order chi connectivity index (χ0) is 12.7. The van der Waals surface area contributed by atoms with Crippen LogP contribution in [0, 0.1) is 6.92 Å². The molecule has 1 aromatic rings. The maximum atomic E-state index is 11.7. The van der Waals surface area contributed by atoms with Crippen LogP contribution in [0.5, 0.6) is 0 Å². The SMILES string of the molecule is Cc1ccc(S(=O)(=O)OCCOCCN)cc1. The first kappa shape index (κ1) is 14.1. The highest BCUT2D eigenvalue weighted by Crippen LogP contribution is 2.12. The molecule has 96 valence electrons. The molecule has 17 heavy (non-hydrogen) atoms. The summed E-state index contributed by atoms with van der Waals surface area (Å²) in [4.78, 5) is 0.155. The molecule has 2 N–H and O–H groups in total. The molecule has 0 atom stereocenters. The van der Waals surface area contributed by atoms with Crippen LogP contribution >= 0.6 is 0 Å². The first-order chi connectivity index (χ1) is 8.06. The van der Waals surface area contributed by atoms with Crippen LogP contribution in [0.4, 0.5) is 0 Å². The average Bonchev–Trinajstić information content (AvgIpc) is 2.29. The molecule has 0 aliphatic carbocycles. The monoisotopic (exact) mass is 259 g/mol. The highest BCUT2D eigenvalue weighted by Gasteiger charge is 2.14. The van der Waals surface area contributed by atoms with Crippen molar-refractivity contribution in [3.63, 3.8) is 0 Å². The Bertz CT molecular complexity index is 427. The molecule has 0 radical (unpaired) electrons. The lowest BCUT2D eigenvalue weighted by molar-refractivity contribution is 0.108. The van der Waals surface area contributed by atoms with Crippen LogP contribution in [0.15, 0.2) is 29.2 Å². The fourth-order valence-electron chi connectivity index (χ4n) is 1.16. The molecule has 0 unspecified atom stereocenters. The zero-order valence-corrected chi connectivity index (χ0v) is 10.6. The fraction of sp³-hybridized carbons (Fsp3) is 0.455. The van der Waals surface area contributed by atoms with Gasteiger partial charge in [-0.1, -0.05) is 17.7 Å². The van der Waals surface area contributed by atoms with E-state index in [9.17, 15) is 8.42 Å². The van der Waals surface area contributed by atoms with Crippen LogP contribution in [0.25, 0.3) is 0 Å². The van der Waals surface area contributed by atoms with E-state index in [1.165, 1.54) is 12.1 Å². The van der Waals surface area contributed by atoms with Gasteiger partial charge in [0.1, 0.15) is 0 Å². The molecular weight excluding hydrogens is 242 g/mol. The minimum atomic E-state index is -3.68. The smallest absolute Gasteiger partial charge is 0.297 e. The summed E-state index contributed by atoms with van der Waals surface area (Å²) in [5.41, 5.74) is 6.21. The van der Waals surface area contributed by atoms with E-state index in [-0.39, 0.29) is 18.1 Å². The van der Waals surface area contributed by atoms with Crippen molar-refractivity contribution in [1.29, 1.82) is 0 Å². The van der Waals surface area contributed by atoms with Gasteiger partial charge in [0.25, 0.3) is 10.1 Å². The Morgan fingerprint density at radius 1 is 1.12 bits per heavy atom. The van der Waals surface area contributed by atoms with E-state index in [1.54, 1.807) is 12.1 Å². The molecular formula is C11H17NO4S. The van der Waals surface area contributed by atoms with Crippen LogP contribution in [0.1, 0.15) is 5.56 Å². The van der Waals surface area contributed by atoms with Crippen LogP contribution in [0.3, 0.4) is 0 Å². The normalized spacial score (nSPS) is 11.6. The number of benzene rings is 1. The minimum Gasteiger partial charge on any atom is -0.378 e. The van der Waals surface area contributed by atoms with Crippen molar-refractivity contribution in [2.75, 3.05) is 26.4 Å². The highest BCUT2D eigenvalue weighted by molar-refractivity contribution is 7.86. The third-order valence-electron chi connectivity index (χ3n) is 2.04. The molecule has 6 heteroatoms. The van der Waals surface area contributed by atoms with Gasteiger partial charge in [0.2, 0.25) is 0 Å². The summed E-state index contributed by atoms with van der Waals surface area (Å²) < 4.78 is 33.2. The number of aryl methyl sites for hydroxylation is 1. The van der Waals surface area contributed by atoms with Crippen molar-refractivity contribution in [2.24, 2.45) is 5.73 Å². The molecule has 0 heterocycles. The van der Waals surface area contributed by atoms with Crippen molar-refractivity contribution in [1.82, 2.24) is 0 Å². The second kappa shape index (κ2) is 6.70. The summed E-state index contributed by atoms with van der Waals surface area (Å²) in [6.45, 7) is 2.90. The van der Waals surface area contributed by atoms with E-state index < -0.39 is 10.1 Å². The van der Waals surface area contributed by atoms with Gasteiger partial charge < -0.3 is 10.5 Å². The maximum absolute atomic E-state index is 11.7. The number of nitrogens with two attached hydrogens (primary N) is 1. The molecule has 0 saturated carbocycles. The van der Waals surface area contributed by atoms with Crippen molar-refractivity contribution >= 4 is 10.1 Å². The van der Waals surface area contributed by atoms with Crippen molar-refractivity contribution < 1.29 is 17.3 Å². The predicted octanol–water partition coefficient (Wildman–Crippen LogP) is 0.676. The summed E-state index contributed by atoms with van der Waals surface area (Å²) in [6, 6.07) is 6.49. The average molecular weight is 259 g/mol. The Morgan fingerprint density at radius 2 is 1.76 bits per heavy atom. The number of hydrogen-bond acceptors (Lipinski definition) is 5. The van der Waals surface area contributed by atoms with E-state index >= 15 is 0 Å². The third-order valence-corrected chi connectivity index (χ3v) is 3.36. The lowest BCUT2D eigenvalue weighted by Gasteiger charge is -2.06. The standard InChI is InChI=1S/C11H17NO4S/c1-10-2-4-11(5-3-10)17(13,14)16-9-8-15-7-6-12/h2-5H,6-9,12H2,1H3. The Labute approximate surface area is 102 Å². The Hall–Kier alpha value is -0.950. The van der Waals surface area contributed by atoms with Gasteiger partial charge in [-0.2, -0.15) is 8.42 Å². The molecule has 0 fully saturated rings. The third kappa shape index (κ3) is 4.82. The molecule has 0 aliphatic rings. The zero-order valence-electron chi connectivity index (χ0n) is 9.76. The number of rotatable bonds is 7. The van der Waals surface area contributed by atoms with Gasteiger partial charge in [-0.25, -0.2) is 0 Å². The largest absolute Gasteiger partial charge is 0.378 e. The van der Waals surface area contributed by atoms with Crippen LogP contribution in [0.2, 0.25) is 0 Å². The molecule has 0 spiro atoms. The summed E-state index contributed by atoms with van der Waals surface area (Å²) in [7, 11) is -3.68. The van der Waals surface area contributed by atoms with Gasteiger partial charge in [-0.3, -0.25) is 4.18 Å². The Balaban J connectivity index is 2.48. The molecule has 5 nitrogen and oxygen atoms in total. The van der Waals surface area contributed by atoms with Gasteiger partial charge in [0, 0.05) is 6.54 Å². The molecule has 0 saturated heterocycles. The first-order valence-electron chi connectivity index (χ1n) is 5.30. The molecule has 1 rings (SSSR count). The van der Waals surface area contributed by atoms with E-state index in [4.69, 9.17) is 14.7 Å². The summed E-state index contributed by atoms with van der Waals surface area (Å²) >= 11 is 0. The summed E-state index contributed by atoms with van der Waals surface area (Å²) in [5, 5.41) is 0. The van der Waals surface area contributed by atoms with Gasteiger partial charge in [-0.15, -0.1) is 0 Å². The van der Waals surface area contributed by atoms with E-state index in [2.05, 4.69) is 0 Å². The lowest BCUT2D eigenvalue weighted by Crippen LogP contribution is -2.14. The fourth-order valence-corrected chi connectivity index (χ4v) is 2.05. The van der Waals surface area contributed by atoms with Crippen LogP contribution in [-0.2, 0) is 19.0 Å². The van der Waals surface area contributed by atoms with E-state index in [0.717, 1.165) is 5.56 Å². The molecule has 0 aromatic heterocycles. The topological polar surface area (TPSA) is 78.6 Å². The summed E-state index contributed by atoms with van der Waals surface area (Å²) in [6.07, 6.45) is 0. The lowest BCUT2D eigenvalue weighted by atomic mass is 10.2. The maximum Gasteiger partial charge on any atom is 0.297 e. The van der Waals surface area contributed by atoms with Crippen LogP contribution < -0.4 is 5.73 Å². The highest BCUT2D eigenvalue weighted by atomic mass is 32.2. The number of hydrogen-bond donors (Lipinski definition) is 1. The Kier molecular flexibility index (Phi) is 5.57. The molecule has 0 amide bonds. The minimum absolute atomic E-state index is 0.00376. The van der Waals surface area contributed by atoms with Crippen molar-refractivity contribution in [2.45, 2.75) is 11.8 Å².